The lowest BCUT2D eigenvalue weighted by atomic mass is 10.2. The van der Waals surface area contributed by atoms with Crippen LogP contribution in [0.4, 0.5) is 8.78 Å². The molecular weight excluding hydrogens is 238 g/mol. The Kier molecular flexibility index (Phi) is 2.54. The highest BCUT2D eigenvalue weighted by Gasteiger charge is 2.30. The Morgan fingerprint density at radius 2 is 2.11 bits per heavy atom. The molecule has 18 heavy (non-hydrogen) atoms. The monoisotopic (exact) mass is 250 g/mol. The molecule has 1 aliphatic heterocycles. The summed E-state index contributed by atoms with van der Waals surface area (Å²) in [5.74, 6) is -0.402. The highest BCUT2D eigenvalue weighted by molar-refractivity contribution is 5.83. The van der Waals surface area contributed by atoms with E-state index >= 15 is 0 Å². The van der Waals surface area contributed by atoms with Crippen molar-refractivity contribution in [1.29, 1.82) is 0 Å². The van der Waals surface area contributed by atoms with Crippen molar-refractivity contribution in [3.05, 3.63) is 36.3 Å². The molecule has 0 bridgehead atoms. The van der Waals surface area contributed by atoms with Gasteiger partial charge in [-0.25, -0.2) is 8.78 Å². The van der Waals surface area contributed by atoms with Crippen molar-refractivity contribution >= 4 is 16.8 Å². The molecule has 0 N–H and O–H groups in total. The van der Waals surface area contributed by atoms with Gasteiger partial charge in [-0.1, -0.05) is 0 Å². The molecular formula is C13H12F2N2O. The zero-order valence-electron chi connectivity index (χ0n) is 9.64. The van der Waals surface area contributed by atoms with Crippen LogP contribution in [0.1, 0.15) is 0 Å². The van der Waals surface area contributed by atoms with Gasteiger partial charge in [-0.15, -0.1) is 0 Å². The predicted molar refractivity (Wildman–Crippen MR) is 63.4 cm³/mol. The third-order valence-electron chi connectivity index (χ3n) is 3.23. The molecule has 0 radical (unpaired) electrons. The van der Waals surface area contributed by atoms with E-state index in [0.717, 1.165) is 10.9 Å². The van der Waals surface area contributed by atoms with Crippen molar-refractivity contribution in [3.8, 4) is 0 Å². The maximum atomic E-state index is 13.0. The SMILES string of the molecule is O=C(Cn1ccc2cc(F)ccc21)N1CC(F)C1. The molecule has 1 amide bonds. The minimum atomic E-state index is -0.885. The van der Waals surface area contributed by atoms with Gasteiger partial charge in [0.25, 0.3) is 0 Å². The van der Waals surface area contributed by atoms with Gasteiger partial charge in [0.15, 0.2) is 0 Å². The fraction of sp³-hybridized carbons (Fsp3) is 0.308. The maximum Gasteiger partial charge on any atom is 0.242 e. The van der Waals surface area contributed by atoms with Gasteiger partial charge in [0.2, 0.25) is 5.91 Å². The van der Waals surface area contributed by atoms with Gasteiger partial charge in [0.05, 0.1) is 13.1 Å². The summed E-state index contributed by atoms with van der Waals surface area (Å²) < 4.78 is 27.4. The second kappa shape index (κ2) is 4.08. The predicted octanol–water partition coefficient (Wildman–Crippen LogP) is 1.96. The van der Waals surface area contributed by atoms with E-state index in [1.165, 1.54) is 17.0 Å². The maximum absolute atomic E-state index is 13.0. The van der Waals surface area contributed by atoms with Crippen LogP contribution in [0.5, 0.6) is 0 Å². The summed E-state index contributed by atoms with van der Waals surface area (Å²) in [6.07, 6.45) is 0.860. The highest BCUT2D eigenvalue weighted by Crippen LogP contribution is 2.18. The number of hydrogen-bond acceptors (Lipinski definition) is 1. The zero-order valence-corrected chi connectivity index (χ0v) is 9.64. The molecule has 5 heteroatoms. The van der Waals surface area contributed by atoms with Gasteiger partial charge in [-0.05, 0) is 24.3 Å². The first kappa shape index (κ1) is 11.2. The molecule has 0 spiro atoms. The fourth-order valence-electron chi connectivity index (χ4n) is 2.18. The molecule has 1 fully saturated rings. The molecule has 3 rings (SSSR count). The van der Waals surface area contributed by atoms with E-state index < -0.39 is 6.17 Å². The number of alkyl halides is 1. The second-order valence-electron chi connectivity index (χ2n) is 4.54. The molecule has 1 aromatic carbocycles. The lowest BCUT2D eigenvalue weighted by Crippen LogP contribution is -2.52. The number of rotatable bonds is 2. The molecule has 0 aliphatic carbocycles. The van der Waals surface area contributed by atoms with Crippen LogP contribution < -0.4 is 0 Å². The zero-order chi connectivity index (χ0) is 12.7. The fourth-order valence-corrected chi connectivity index (χ4v) is 2.18. The van der Waals surface area contributed by atoms with Gasteiger partial charge < -0.3 is 9.47 Å². The number of halogens is 2. The summed E-state index contributed by atoms with van der Waals surface area (Å²) in [6, 6.07) is 6.20. The summed E-state index contributed by atoms with van der Waals surface area (Å²) in [5, 5.41) is 0.759. The third-order valence-corrected chi connectivity index (χ3v) is 3.23. The Bertz CT molecular complexity index is 602. The highest BCUT2D eigenvalue weighted by atomic mass is 19.1. The van der Waals surface area contributed by atoms with Gasteiger partial charge in [-0.3, -0.25) is 4.79 Å². The van der Waals surface area contributed by atoms with Crippen molar-refractivity contribution in [2.75, 3.05) is 13.1 Å². The quantitative estimate of drug-likeness (QED) is 0.799. The van der Waals surface area contributed by atoms with Gasteiger partial charge in [0, 0.05) is 17.1 Å². The van der Waals surface area contributed by atoms with Crippen LogP contribution in [-0.4, -0.2) is 34.6 Å². The minimum absolute atomic E-state index is 0.106. The van der Waals surface area contributed by atoms with Crippen LogP contribution in [-0.2, 0) is 11.3 Å². The Hall–Kier alpha value is -1.91. The van der Waals surface area contributed by atoms with Crippen molar-refractivity contribution in [1.82, 2.24) is 9.47 Å². The number of hydrogen-bond donors (Lipinski definition) is 0. The number of nitrogens with zero attached hydrogens (tertiary/aromatic N) is 2. The van der Waals surface area contributed by atoms with Crippen molar-refractivity contribution in [3.63, 3.8) is 0 Å². The third kappa shape index (κ3) is 1.85. The molecule has 1 aromatic heterocycles. The van der Waals surface area contributed by atoms with E-state index in [0.29, 0.717) is 0 Å². The van der Waals surface area contributed by atoms with Crippen LogP contribution in [0.2, 0.25) is 0 Å². The molecule has 0 unspecified atom stereocenters. The number of aromatic nitrogens is 1. The smallest absolute Gasteiger partial charge is 0.242 e. The topological polar surface area (TPSA) is 25.2 Å². The second-order valence-corrected chi connectivity index (χ2v) is 4.54. The van der Waals surface area contributed by atoms with Gasteiger partial charge >= 0.3 is 0 Å². The summed E-state index contributed by atoms with van der Waals surface area (Å²) in [6.45, 7) is 0.543. The number of amides is 1. The molecule has 1 saturated heterocycles. The van der Waals surface area contributed by atoms with Crippen molar-refractivity contribution < 1.29 is 13.6 Å². The number of likely N-dealkylation sites (tertiary alicyclic amines) is 1. The lowest BCUT2D eigenvalue weighted by molar-refractivity contribution is -0.138. The van der Waals surface area contributed by atoms with E-state index in [1.807, 2.05) is 0 Å². The van der Waals surface area contributed by atoms with Crippen LogP contribution in [0, 0.1) is 5.82 Å². The first-order valence-electron chi connectivity index (χ1n) is 5.80. The standard InChI is InChI=1S/C13H12F2N2O/c14-10-1-2-12-9(5-10)3-4-16(12)8-13(18)17-6-11(15)7-17/h1-5,11H,6-8H2. The van der Waals surface area contributed by atoms with Crippen LogP contribution >= 0.6 is 0 Å². The summed E-state index contributed by atoms with van der Waals surface area (Å²) in [5.41, 5.74) is 0.807. The van der Waals surface area contributed by atoms with Crippen LogP contribution in [0.25, 0.3) is 10.9 Å². The normalized spacial score (nSPS) is 16.0. The summed E-state index contributed by atoms with van der Waals surface area (Å²) >= 11 is 0. The Morgan fingerprint density at radius 1 is 1.33 bits per heavy atom. The lowest BCUT2D eigenvalue weighted by Gasteiger charge is -2.34. The number of carbonyl (C=O) groups is 1. The first-order valence-corrected chi connectivity index (χ1v) is 5.80. The minimum Gasteiger partial charge on any atom is -0.338 e. The Balaban J connectivity index is 1.80. The van der Waals surface area contributed by atoms with Crippen LogP contribution in [0.3, 0.4) is 0 Å². The summed E-state index contributed by atoms with van der Waals surface area (Å²) in [7, 11) is 0. The van der Waals surface area contributed by atoms with Gasteiger partial charge in [0.1, 0.15) is 18.5 Å². The summed E-state index contributed by atoms with van der Waals surface area (Å²) in [4.78, 5) is 13.3. The average molecular weight is 250 g/mol. The number of fused-ring (bicyclic) bond motifs is 1. The van der Waals surface area contributed by atoms with E-state index in [4.69, 9.17) is 0 Å². The molecule has 1 aliphatic rings. The molecule has 2 aromatic rings. The Labute approximate surface area is 103 Å². The number of carbonyl (C=O) groups excluding carboxylic acids is 1. The average Bonchev–Trinajstić information content (AvgIpc) is 2.67. The first-order chi connectivity index (χ1) is 8.63. The van der Waals surface area contributed by atoms with E-state index in [9.17, 15) is 13.6 Å². The van der Waals surface area contributed by atoms with E-state index in [2.05, 4.69) is 0 Å². The van der Waals surface area contributed by atoms with Crippen LogP contribution in [0.15, 0.2) is 30.5 Å². The van der Waals surface area contributed by atoms with E-state index in [-0.39, 0.29) is 31.4 Å². The largest absolute Gasteiger partial charge is 0.338 e. The van der Waals surface area contributed by atoms with Gasteiger partial charge in [-0.2, -0.15) is 0 Å². The number of benzene rings is 1. The molecule has 0 saturated carbocycles. The Morgan fingerprint density at radius 3 is 2.83 bits per heavy atom. The van der Waals surface area contributed by atoms with Crippen molar-refractivity contribution in [2.24, 2.45) is 0 Å². The molecule has 94 valence electrons. The van der Waals surface area contributed by atoms with E-state index in [1.54, 1.807) is 22.9 Å². The molecule has 3 nitrogen and oxygen atoms in total. The van der Waals surface area contributed by atoms with Crippen molar-refractivity contribution in [2.45, 2.75) is 12.7 Å². The molecule has 0 atom stereocenters. The molecule has 2 heterocycles.